The number of piperazine rings is 1. The second-order valence-electron chi connectivity index (χ2n) is 7.67. The second-order valence-corrected chi connectivity index (χ2v) is 7.67. The van der Waals surface area contributed by atoms with E-state index in [-0.39, 0.29) is 16.9 Å². The number of allylic oxidation sites excluding steroid dienone is 2. The molecule has 0 radical (unpaired) electrons. The van der Waals surface area contributed by atoms with E-state index < -0.39 is 5.91 Å². The van der Waals surface area contributed by atoms with Crippen LogP contribution in [-0.4, -0.2) is 51.6 Å². The molecule has 1 fully saturated rings. The van der Waals surface area contributed by atoms with E-state index in [9.17, 15) is 20.0 Å². The third-order valence-electron chi connectivity index (χ3n) is 5.72. The molecule has 0 unspecified atom stereocenters. The summed E-state index contributed by atoms with van der Waals surface area (Å²) in [4.78, 5) is 33.5. The molecular formula is C25H23N5O3. The van der Waals surface area contributed by atoms with E-state index >= 15 is 0 Å². The summed E-state index contributed by atoms with van der Waals surface area (Å²) >= 11 is 0. The first-order valence-corrected chi connectivity index (χ1v) is 10.6. The van der Waals surface area contributed by atoms with E-state index in [1.165, 1.54) is 17.1 Å². The molecule has 0 saturated carbocycles. The number of aliphatic hydroxyl groups excluding tert-OH is 1. The van der Waals surface area contributed by atoms with Crippen LogP contribution in [0.4, 0.5) is 5.69 Å². The minimum atomic E-state index is -0.470. The summed E-state index contributed by atoms with van der Waals surface area (Å²) in [6.07, 6.45) is 5.90. The van der Waals surface area contributed by atoms with Crippen LogP contribution in [0.1, 0.15) is 11.1 Å². The van der Waals surface area contributed by atoms with Crippen molar-refractivity contribution in [3.05, 3.63) is 94.8 Å². The van der Waals surface area contributed by atoms with Gasteiger partial charge in [0.1, 0.15) is 11.6 Å². The molecule has 8 nitrogen and oxygen atoms in total. The highest BCUT2D eigenvalue weighted by molar-refractivity contribution is 5.95. The van der Waals surface area contributed by atoms with Gasteiger partial charge in [-0.05, 0) is 17.7 Å². The summed E-state index contributed by atoms with van der Waals surface area (Å²) in [5.41, 5.74) is 1.84. The highest BCUT2D eigenvalue weighted by Gasteiger charge is 2.27. The van der Waals surface area contributed by atoms with Crippen LogP contribution in [0.5, 0.6) is 0 Å². The molecule has 1 amide bonds. The zero-order valence-electron chi connectivity index (χ0n) is 18.0. The van der Waals surface area contributed by atoms with Gasteiger partial charge in [0.15, 0.2) is 5.76 Å². The maximum atomic E-state index is 13.4. The molecule has 0 spiro atoms. The third kappa shape index (κ3) is 4.21. The molecule has 3 aromatic rings. The van der Waals surface area contributed by atoms with E-state index in [0.717, 1.165) is 10.9 Å². The molecule has 0 aliphatic carbocycles. The number of fused-ring (bicyclic) bond motifs is 1. The van der Waals surface area contributed by atoms with Crippen molar-refractivity contribution in [1.29, 1.82) is 5.26 Å². The normalized spacial score (nSPS) is 14.2. The Kier molecular flexibility index (Phi) is 6.22. The lowest BCUT2D eigenvalue weighted by Crippen LogP contribution is -2.49. The molecule has 1 aliphatic rings. The quantitative estimate of drug-likeness (QED) is 0.371. The van der Waals surface area contributed by atoms with Gasteiger partial charge in [-0.25, -0.2) is 0 Å². The zero-order chi connectivity index (χ0) is 23.4. The van der Waals surface area contributed by atoms with E-state index in [4.69, 9.17) is 0 Å². The van der Waals surface area contributed by atoms with Gasteiger partial charge in [0.2, 0.25) is 0 Å². The van der Waals surface area contributed by atoms with Gasteiger partial charge in [0.05, 0.1) is 23.9 Å². The SMILES string of the molecule is C=C/C=C(\O)C(=O)N1CCN(c2c(C#N)c(=O)n(Cc3ccccc3)c3cnccc23)CC1. The molecule has 8 heteroatoms. The summed E-state index contributed by atoms with van der Waals surface area (Å²) < 4.78 is 1.58. The first-order valence-electron chi connectivity index (χ1n) is 10.6. The number of aromatic nitrogens is 2. The Morgan fingerprint density at radius 1 is 1.18 bits per heavy atom. The molecule has 3 heterocycles. The fraction of sp³-hybridized carbons (Fsp3) is 0.200. The lowest BCUT2D eigenvalue weighted by Gasteiger charge is -2.36. The number of pyridine rings is 2. The van der Waals surface area contributed by atoms with Crippen molar-refractivity contribution in [3.8, 4) is 6.07 Å². The summed E-state index contributed by atoms with van der Waals surface area (Å²) in [5, 5.41) is 20.5. The van der Waals surface area contributed by atoms with Crippen LogP contribution in [0, 0.1) is 11.3 Å². The monoisotopic (exact) mass is 441 g/mol. The lowest BCUT2D eigenvalue weighted by atomic mass is 10.1. The summed E-state index contributed by atoms with van der Waals surface area (Å²) in [6, 6.07) is 13.5. The molecule has 4 rings (SSSR count). The van der Waals surface area contributed by atoms with E-state index in [0.29, 0.717) is 43.9 Å². The number of benzene rings is 1. The Morgan fingerprint density at radius 3 is 2.58 bits per heavy atom. The van der Waals surface area contributed by atoms with Gasteiger partial charge in [-0.15, -0.1) is 0 Å². The van der Waals surface area contributed by atoms with Crippen LogP contribution in [0.2, 0.25) is 0 Å². The number of carbonyl (C=O) groups is 1. The van der Waals surface area contributed by atoms with Crippen LogP contribution in [-0.2, 0) is 11.3 Å². The van der Waals surface area contributed by atoms with Crippen molar-refractivity contribution in [1.82, 2.24) is 14.5 Å². The summed E-state index contributed by atoms with van der Waals surface area (Å²) in [6.45, 7) is 5.34. The Hall–Kier alpha value is -4.38. The van der Waals surface area contributed by atoms with Crippen LogP contribution in [0.25, 0.3) is 10.9 Å². The smallest absolute Gasteiger partial charge is 0.288 e. The van der Waals surface area contributed by atoms with Crippen molar-refractivity contribution in [2.45, 2.75) is 6.54 Å². The van der Waals surface area contributed by atoms with Crippen molar-refractivity contribution < 1.29 is 9.90 Å². The molecular weight excluding hydrogens is 418 g/mol. The highest BCUT2D eigenvalue weighted by Crippen LogP contribution is 2.29. The van der Waals surface area contributed by atoms with Gasteiger partial charge in [-0.1, -0.05) is 43.0 Å². The maximum Gasteiger partial charge on any atom is 0.288 e. The summed E-state index contributed by atoms with van der Waals surface area (Å²) in [7, 11) is 0. The van der Waals surface area contributed by atoms with Gasteiger partial charge in [0, 0.05) is 37.8 Å². The van der Waals surface area contributed by atoms with Gasteiger partial charge in [-0.3, -0.25) is 14.6 Å². The Bertz CT molecular complexity index is 1330. The molecule has 166 valence electrons. The largest absolute Gasteiger partial charge is 0.503 e. The average Bonchev–Trinajstić information content (AvgIpc) is 2.86. The molecule has 0 atom stereocenters. The number of nitriles is 1. The minimum absolute atomic E-state index is 0.0683. The molecule has 0 bridgehead atoms. The van der Waals surface area contributed by atoms with Crippen LogP contribution < -0.4 is 10.5 Å². The Balaban J connectivity index is 1.73. The van der Waals surface area contributed by atoms with Crippen LogP contribution in [0.3, 0.4) is 0 Å². The molecule has 1 aliphatic heterocycles. The second kappa shape index (κ2) is 9.40. The first kappa shape index (κ1) is 21.8. The molecule has 1 N–H and O–H groups in total. The molecule has 1 aromatic carbocycles. The van der Waals surface area contributed by atoms with Crippen molar-refractivity contribution in [2.75, 3.05) is 31.1 Å². The van der Waals surface area contributed by atoms with Crippen LogP contribution in [0.15, 0.2) is 78.1 Å². The number of nitrogens with zero attached hydrogens (tertiary/aromatic N) is 5. The molecule has 2 aromatic heterocycles. The predicted molar refractivity (Wildman–Crippen MR) is 126 cm³/mol. The van der Waals surface area contributed by atoms with Crippen molar-refractivity contribution in [2.24, 2.45) is 0 Å². The fourth-order valence-corrected chi connectivity index (χ4v) is 4.11. The van der Waals surface area contributed by atoms with Gasteiger partial charge in [0.25, 0.3) is 11.5 Å². The zero-order valence-corrected chi connectivity index (χ0v) is 18.0. The van der Waals surface area contributed by atoms with Crippen LogP contribution >= 0.6 is 0 Å². The third-order valence-corrected chi connectivity index (χ3v) is 5.72. The maximum absolute atomic E-state index is 13.4. The van der Waals surface area contributed by atoms with Gasteiger partial charge in [-0.2, -0.15) is 5.26 Å². The topological polar surface area (TPSA) is 102 Å². The number of hydrogen-bond acceptors (Lipinski definition) is 6. The Morgan fingerprint density at radius 2 is 1.91 bits per heavy atom. The standard InChI is InChI=1S/C25H23N5O3/c1-2-6-22(31)25(33)29-13-11-28(12-14-29)23-19-9-10-27-16-21(19)30(24(32)20(23)15-26)17-18-7-4-3-5-8-18/h2-10,16,31H,1,11-14,17H2/b22-6-. The van der Waals surface area contributed by atoms with E-state index in [2.05, 4.69) is 17.6 Å². The summed E-state index contributed by atoms with van der Waals surface area (Å²) in [5.74, 6) is -0.835. The molecule has 1 saturated heterocycles. The van der Waals surface area contributed by atoms with E-state index in [1.807, 2.05) is 41.3 Å². The Labute approximate surface area is 190 Å². The number of carbonyl (C=O) groups excluding carboxylic acids is 1. The number of anilines is 1. The minimum Gasteiger partial charge on any atom is -0.503 e. The predicted octanol–water partition coefficient (Wildman–Crippen LogP) is 2.59. The number of amides is 1. The first-order chi connectivity index (χ1) is 16.0. The number of aliphatic hydroxyl groups is 1. The van der Waals surface area contributed by atoms with Gasteiger partial charge < -0.3 is 19.5 Å². The highest BCUT2D eigenvalue weighted by atomic mass is 16.3. The average molecular weight is 441 g/mol. The molecule has 33 heavy (non-hydrogen) atoms. The van der Waals surface area contributed by atoms with Crippen molar-refractivity contribution >= 4 is 22.5 Å². The number of hydrogen-bond donors (Lipinski definition) is 1. The lowest BCUT2D eigenvalue weighted by molar-refractivity contribution is -0.130. The van der Waals surface area contributed by atoms with E-state index in [1.54, 1.807) is 17.0 Å². The fourth-order valence-electron chi connectivity index (χ4n) is 4.11. The number of rotatable bonds is 5. The van der Waals surface area contributed by atoms with Crippen molar-refractivity contribution in [3.63, 3.8) is 0 Å². The van der Waals surface area contributed by atoms with Gasteiger partial charge >= 0.3 is 0 Å².